The van der Waals surface area contributed by atoms with Crippen molar-refractivity contribution in [3.8, 4) is 0 Å². The molecule has 1 fully saturated rings. The quantitative estimate of drug-likeness (QED) is 0.598. The monoisotopic (exact) mass is 254 g/mol. The maximum absolute atomic E-state index is 3.74. The van der Waals surface area contributed by atoms with Crippen LogP contribution in [0.25, 0.3) is 0 Å². The Morgan fingerprint density at radius 1 is 1.06 bits per heavy atom. The second-order valence-corrected chi connectivity index (χ2v) is 6.05. The van der Waals surface area contributed by atoms with Crippen molar-refractivity contribution in [2.24, 2.45) is 5.92 Å². The first-order valence-corrected chi connectivity index (χ1v) is 8.19. The van der Waals surface area contributed by atoms with Crippen LogP contribution in [-0.2, 0) is 0 Å². The molecule has 18 heavy (non-hydrogen) atoms. The predicted molar refractivity (Wildman–Crippen MR) is 81.1 cm³/mol. The molecule has 2 atom stereocenters. The first kappa shape index (κ1) is 16.0. The van der Waals surface area contributed by atoms with E-state index in [1.54, 1.807) is 0 Å². The lowest BCUT2D eigenvalue weighted by Crippen LogP contribution is -2.34. The minimum atomic E-state index is 0.814. The second kappa shape index (κ2) is 9.80. The molecule has 0 heterocycles. The molecule has 2 nitrogen and oxygen atoms in total. The normalized spacial score (nSPS) is 24.0. The van der Waals surface area contributed by atoms with Crippen LogP contribution in [0.3, 0.4) is 0 Å². The Kier molecular flexibility index (Phi) is 8.70. The fraction of sp³-hybridized carbons (Fsp3) is 1.00. The molecule has 108 valence electrons. The number of unbranched alkanes of at least 4 members (excludes halogenated alkanes) is 2. The summed E-state index contributed by atoms with van der Waals surface area (Å²) < 4.78 is 0. The van der Waals surface area contributed by atoms with Gasteiger partial charge in [-0.25, -0.2) is 0 Å². The van der Waals surface area contributed by atoms with Gasteiger partial charge in [0.25, 0.3) is 0 Å². The fourth-order valence-corrected chi connectivity index (χ4v) is 3.11. The van der Waals surface area contributed by atoms with Crippen molar-refractivity contribution in [1.29, 1.82) is 0 Å². The number of nitrogens with one attached hydrogen (secondary N) is 1. The van der Waals surface area contributed by atoms with E-state index < -0.39 is 0 Å². The first-order chi connectivity index (χ1) is 8.77. The molecule has 0 radical (unpaired) electrons. The maximum atomic E-state index is 3.74. The van der Waals surface area contributed by atoms with E-state index in [1.807, 2.05) is 0 Å². The zero-order valence-corrected chi connectivity index (χ0v) is 12.9. The SMILES string of the molecule is CCCCCN(C)CCC1CCCC1NCCC. The fourth-order valence-electron chi connectivity index (χ4n) is 3.11. The standard InChI is InChI=1S/C16H34N2/c1-4-6-7-13-18(3)14-11-15-9-8-10-16(15)17-12-5-2/h15-17H,4-14H2,1-3H3. The number of hydrogen-bond donors (Lipinski definition) is 1. The summed E-state index contributed by atoms with van der Waals surface area (Å²) in [6.07, 6.45) is 11.0. The predicted octanol–water partition coefficient (Wildman–Crippen LogP) is 3.67. The van der Waals surface area contributed by atoms with Crippen molar-refractivity contribution >= 4 is 0 Å². The van der Waals surface area contributed by atoms with Crippen molar-refractivity contribution in [2.45, 2.75) is 71.3 Å². The van der Waals surface area contributed by atoms with Gasteiger partial charge in [-0.3, -0.25) is 0 Å². The minimum absolute atomic E-state index is 0.814. The summed E-state index contributed by atoms with van der Waals surface area (Å²) >= 11 is 0. The third-order valence-corrected chi connectivity index (χ3v) is 4.34. The smallest absolute Gasteiger partial charge is 0.00958 e. The minimum Gasteiger partial charge on any atom is -0.314 e. The van der Waals surface area contributed by atoms with E-state index in [2.05, 4.69) is 31.1 Å². The molecular formula is C16H34N2. The molecule has 0 aliphatic heterocycles. The Labute approximate surface area is 115 Å². The van der Waals surface area contributed by atoms with Gasteiger partial charge in [-0.2, -0.15) is 0 Å². The van der Waals surface area contributed by atoms with Crippen LogP contribution in [0, 0.1) is 5.92 Å². The number of rotatable bonds is 10. The van der Waals surface area contributed by atoms with Gasteiger partial charge in [0.1, 0.15) is 0 Å². The van der Waals surface area contributed by atoms with E-state index in [-0.39, 0.29) is 0 Å². The summed E-state index contributed by atoms with van der Waals surface area (Å²) in [7, 11) is 2.29. The molecule has 0 amide bonds. The Hall–Kier alpha value is -0.0800. The summed E-state index contributed by atoms with van der Waals surface area (Å²) in [5.41, 5.74) is 0. The Morgan fingerprint density at radius 3 is 2.61 bits per heavy atom. The van der Waals surface area contributed by atoms with Crippen molar-refractivity contribution in [3.05, 3.63) is 0 Å². The average Bonchev–Trinajstić information content (AvgIpc) is 2.81. The average molecular weight is 254 g/mol. The van der Waals surface area contributed by atoms with Gasteiger partial charge in [-0.1, -0.05) is 33.1 Å². The van der Waals surface area contributed by atoms with Gasteiger partial charge < -0.3 is 10.2 Å². The van der Waals surface area contributed by atoms with Crippen molar-refractivity contribution < 1.29 is 0 Å². The van der Waals surface area contributed by atoms with Crippen LogP contribution in [-0.4, -0.2) is 37.6 Å². The van der Waals surface area contributed by atoms with Gasteiger partial charge >= 0.3 is 0 Å². The summed E-state index contributed by atoms with van der Waals surface area (Å²) in [6, 6.07) is 0.814. The van der Waals surface area contributed by atoms with Crippen LogP contribution >= 0.6 is 0 Å². The van der Waals surface area contributed by atoms with E-state index in [0.717, 1.165) is 12.0 Å². The van der Waals surface area contributed by atoms with Crippen LogP contribution in [0.5, 0.6) is 0 Å². The summed E-state index contributed by atoms with van der Waals surface area (Å²) in [5, 5.41) is 3.74. The third kappa shape index (κ3) is 6.19. The van der Waals surface area contributed by atoms with E-state index in [1.165, 1.54) is 71.0 Å². The molecular weight excluding hydrogens is 220 g/mol. The molecule has 0 spiro atoms. The summed E-state index contributed by atoms with van der Waals surface area (Å²) in [6.45, 7) is 8.32. The van der Waals surface area contributed by atoms with Gasteiger partial charge in [0.15, 0.2) is 0 Å². The lowest BCUT2D eigenvalue weighted by atomic mass is 9.99. The van der Waals surface area contributed by atoms with Crippen molar-refractivity contribution in [1.82, 2.24) is 10.2 Å². The molecule has 1 N–H and O–H groups in total. The maximum Gasteiger partial charge on any atom is 0.00958 e. The number of nitrogens with zero attached hydrogens (tertiary/aromatic N) is 1. The van der Waals surface area contributed by atoms with Gasteiger partial charge in [-0.05, 0) is 64.7 Å². The summed E-state index contributed by atoms with van der Waals surface area (Å²) in [4.78, 5) is 2.53. The van der Waals surface area contributed by atoms with Crippen molar-refractivity contribution in [3.63, 3.8) is 0 Å². The van der Waals surface area contributed by atoms with Gasteiger partial charge in [0, 0.05) is 6.04 Å². The molecule has 0 saturated heterocycles. The van der Waals surface area contributed by atoms with E-state index in [0.29, 0.717) is 0 Å². The van der Waals surface area contributed by atoms with Crippen LogP contribution in [0.1, 0.15) is 65.2 Å². The largest absolute Gasteiger partial charge is 0.314 e. The lowest BCUT2D eigenvalue weighted by molar-refractivity contribution is 0.276. The molecule has 1 rings (SSSR count). The molecule has 0 aromatic carbocycles. The van der Waals surface area contributed by atoms with Gasteiger partial charge in [0.05, 0.1) is 0 Å². The molecule has 2 heteroatoms. The van der Waals surface area contributed by atoms with Crippen LogP contribution in [0.4, 0.5) is 0 Å². The number of hydrogen-bond acceptors (Lipinski definition) is 2. The molecule has 2 unspecified atom stereocenters. The molecule has 1 aliphatic carbocycles. The zero-order chi connectivity index (χ0) is 13.2. The Morgan fingerprint density at radius 2 is 1.89 bits per heavy atom. The van der Waals surface area contributed by atoms with Crippen molar-refractivity contribution in [2.75, 3.05) is 26.7 Å². The third-order valence-electron chi connectivity index (χ3n) is 4.34. The van der Waals surface area contributed by atoms with Gasteiger partial charge in [0.2, 0.25) is 0 Å². The lowest BCUT2D eigenvalue weighted by Gasteiger charge is -2.24. The highest BCUT2D eigenvalue weighted by Crippen LogP contribution is 2.28. The highest BCUT2D eigenvalue weighted by atomic mass is 15.1. The van der Waals surface area contributed by atoms with Crippen LogP contribution in [0.15, 0.2) is 0 Å². The van der Waals surface area contributed by atoms with E-state index in [9.17, 15) is 0 Å². The topological polar surface area (TPSA) is 15.3 Å². The molecule has 1 saturated carbocycles. The zero-order valence-electron chi connectivity index (χ0n) is 12.9. The molecule has 0 aromatic rings. The Balaban J connectivity index is 2.12. The van der Waals surface area contributed by atoms with Crippen LogP contribution < -0.4 is 5.32 Å². The highest BCUT2D eigenvalue weighted by molar-refractivity contribution is 4.83. The van der Waals surface area contributed by atoms with Gasteiger partial charge in [-0.15, -0.1) is 0 Å². The van der Waals surface area contributed by atoms with E-state index in [4.69, 9.17) is 0 Å². The Bertz CT molecular complexity index is 194. The molecule has 0 bridgehead atoms. The highest BCUT2D eigenvalue weighted by Gasteiger charge is 2.26. The second-order valence-electron chi connectivity index (χ2n) is 6.05. The van der Waals surface area contributed by atoms with E-state index >= 15 is 0 Å². The first-order valence-electron chi connectivity index (χ1n) is 8.19. The molecule has 0 aromatic heterocycles. The summed E-state index contributed by atoms with van der Waals surface area (Å²) in [5.74, 6) is 0.935. The molecule has 1 aliphatic rings. The van der Waals surface area contributed by atoms with Crippen LogP contribution in [0.2, 0.25) is 0 Å².